The number of hydrogen-bond donors (Lipinski definition) is 0. The Morgan fingerprint density at radius 3 is 2.56 bits per heavy atom. The predicted octanol–water partition coefficient (Wildman–Crippen LogP) is 4.61. The molecule has 4 rings (SSSR count). The number of benzene rings is 2. The van der Waals surface area contributed by atoms with E-state index in [1.807, 2.05) is 6.92 Å². The first-order chi connectivity index (χ1) is 15.3. The number of carbonyl (C=O) groups excluding carboxylic acids is 1. The quantitative estimate of drug-likeness (QED) is 0.537. The molecule has 0 spiro atoms. The van der Waals surface area contributed by atoms with Crippen molar-refractivity contribution in [3.8, 4) is 17.0 Å². The van der Waals surface area contributed by atoms with Crippen LogP contribution in [0.5, 0.6) is 5.75 Å². The lowest BCUT2D eigenvalue weighted by Gasteiger charge is -2.33. The van der Waals surface area contributed by atoms with Gasteiger partial charge in [-0.3, -0.25) is 9.48 Å². The van der Waals surface area contributed by atoms with Gasteiger partial charge in [-0.2, -0.15) is 5.10 Å². The third-order valence-electron chi connectivity index (χ3n) is 5.55. The van der Waals surface area contributed by atoms with Gasteiger partial charge in [-0.05, 0) is 43.7 Å². The lowest BCUT2D eigenvalue weighted by atomic mass is 9.95. The number of carbonyl (C=O) groups is 1. The monoisotopic (exact) mass is 447 g/mol. The molecule has 2 aromatic carbocycles. The van der Waals surface area contributed by atoms with E-state index >= 15 is 0 Å². The summed E-state index contributed by atoms with van der Waals surface area (Å²) >= 11 is 0. The molecule has 1 amide bonds. The third kappa shape index (κ3) is 3.94. The van der Waals surface area contributed by atoms with E-state index in [1.54, 1.807) is 16.6 Å². The highest BCUT2D eigenvalue weighted by molar-refractivity contribution is 5.95. The SMILES string of the molecule is CC1c2nn(C)c(-c3cc(F)cc(F)c3)c2CCN1C(=O)c1ccc(F)c(OCCF)c1. The first-order valence-electron chi connectivity index (χ1n) is 10.1. The van der Waals surface area contributed by atoms with Gasteiger partial charge in [0.1, 0.15) is 24.9 Å². The maximum Gasteiger partial charge on any atom is 0.254 e. The standard InChI is InChI=1S/C23H21F4N3O2/c1-13-21-18(22(29(2)28-21)15-9-16(25)12-17(26)10-15)5-7-30(13)23(31)14-3-4-19(27)20(11-14)32-8-6-24/h3-4,9-13H,5-8H2,1-2H3. The summed E-state index contributed by atoms with van der Waals surface area (Å²) < 4.78 is 60.4. The minimum absolute atomic E-state index is 0.188. The van der Waals surface area contributed by atoms with Crippen molar-refractivity contribution in [1.82, 2.24) is 14.7 Å². The Balaban J connectivity index is 1.65. The van der Waals surface area contributed by atoms with E-state index in [2.05, 4.69) is 5.10 Å². The molecule has 3 aromatic rings. The Bertz CT molecular complexity index is 1160. The highest BCUT2D eigenvalue weighted by Gasteiger charge is 2.33. The fourth-order valence-electron chi connectivity index (χ4n) is 4.13. The number of halogens is 4. The number of ether oxygens (including phenoxy) is 1. The van der Waals surface area contributed by atoms with E-state index in [4.69, 9.17) is 4.74 Å². The Morgan fingerprint density at radius 1 is 1.16 bits per heavy atom. The van der Waals surface area contributed by atoms with Crippen molar-refractivity contribution in [1.29, 1.82) is 0 Å². The topological polar surface area (TPSA) is 47.4 Å². The molecule has 0 aliphatic carbocycles. The van der Waals surface area contributed by atoms with Crippen molar-refractivity contribution in [2.45, 2.75) is 19.4 Å². The number of nitrogens with zero attached hydrogens (tertiary/aromatic N) is 3. The molecule has 1 atom stereocenters. The second kappa shape index (κ2) is 8.64. The third-order valence-corrected chi connectivity index (χ3v) is 5.55. The maximum absolute atomic E-state index is 13.9. The van der Waals surface area contributed by atoms with Gasteiger partial charge in [-0.15, -0.1) is 0 Å². The van der Waals surface area contributed by atoms with Crippen LogP contribution in [0.4, 0.5) is 17.6 Å². The van der Waals surface area contributed by atoms with E-state index in [-0.39, 0.29) is 23.8 Å². The second-order valence-corrected chi connectivity index (χ2v) is 7.60. The largest absolute Gasteiger partial charge is 0.488 e. The predicted molar refractivity (Wildman–Crippen MR) is 110 cm³/mol. The van der Waals surface area contributed by atoms with Crippen LogP contribution in [0.2, 0.25) is 0 Å². The number of rotatable bonds is 5. The van der Waals surface area contributed by atoms with Crippen molar-refractivity contribution < 1.29 is 27.1 Å². The average molecular weight is 447 g/mol. The smallest absolute Gasteiger partial charge is 0.254 e. The van der Waals surface area contributed by atoms with E-state index in [0.29, 0.717) is 29.9 Å². The van der Waals surface area contributed by atoms with Gasteiger partial charge in [0.25, 0.3) is 5.91 Å². The second-order valence-electron chi connectivity index (χ2n) is 7.60. The molecule has 1 aromatic heterocycles. The minimum atomic E-state index is -0.777. The van der Waals surface area contributed by atoms with Gasteiger partial charge in [-0.25, -0.2) is 17.6 Å². The number of aryl methyl sites for hydroxylation is 1. The van der Waals surface area contributed by atoms with Gasteiger partial charge < -0.3 is 9.64 Å². The molecule has 1 aliphatic rings. The Morgan fingerprint density at radius 2 is 1.88 bits per heavy atom. The Hall–Kier alpha value is -3.36. The molecule has 0 radical (unpaired) electrons. The molecule has 9 heteroatoms. The van der Waals surface area contributed by atoms with Gasteiger partial charge in [-0.1, -0.05) is 0 Å². The molecule has 0 saturated carbocycles. The highest BCUT2D eigenvalue weighted by Crippen LogP contribution is 2.36. The molecule has 2 heterocycles. The summed E-state index contributed by atoms with van der Waals surface area (Å²) in [5, 5.41) is 4.52. The van der Waals surface area contributed by atoms with Crippen molar-refractivity contribution in [2.24, 2.45) is 7.05 Å². The molecule has 32 heavy (non-hydrogen) atoms. The fourth-order valence-corrected chi connectivity index (χ4v) is 4.13. The van der Waals surface area contributed by atoms with Gasteiger partial charge in [0, 0.05) is 36.3 Å². The summed E-state index contributed by atoms with van der Waals surface area (Å²) in [6.07, 6.45) is 0.430. The van der Waals surface area contributed by atoms with Crippen molar-refractivity contribution in [3.63, 3.8) is 0 Å². The van der Waals surface area contributed by atoms with Gasteiger partial charge in [0.15, 0.2) is 11.6 Å². The summed E-state index contributed by atoms with van der Waals surface area (Å²) in [6.45, 7) is 1.06. The molecular weight excluding hydrogens is 426 g/mol. The first kappa shape index (κ1) is 21.9. The normalized spacial score (nSPS) is 15.6. The van der Waals surface area contributed by atoms with E-state index in [0.717, 1.165) is 17.7 Å². The Labute approximate surface area is 182 Å². The molecule has 1 unspecified atom stereocenters. The number of fused-ring (bicyclic) bond motifs is 1. The Kier molecular flexibility index (Phi) is 5.90. The summed E-state index contributed by atoms with van der Waals surface area (Å²) in [5.74, 6) is -2.58. The number of amides is 1. The van der Waals surface area contributed by atoms with Crippen molar-refractivity contribution in [2.75, 3.05) is 19.8 Å². The van der Waals surface area contributed by atoms with Crippen molar-refractivity contribution in [3.05, 3.63) is 70.7 Å². The first-order valence-corrected chi connectivity index (χ1v) is 10.1. The maximum atomic E-state index is 13.9. The molecule has 1 aliphatic heterocycles. The van der Waals surface area contributed by atoms with Crippen molar-refractivity contribution >= 4 is 5.91 Å². The lowest BCUT2D eigenvalue weighted by molar-refractivity contribution is 0.0673. The summed E-state index contributed by atoms with van der Waals surface area (Å²) in [5.41, 5.74) is 2.63. The van der Waals surface area contributed by atoms with Gasteiger partial charge >= 0.3 is 0 Å². The molecule has 5 nitrogen and oxygen atoms in total. The zero-order valence-electron chi connectivity index (χ0n) is 17.5. The molecule has 0 saturated heterocycles. The van der Waals surface area contributed by atoms with Crippen LogP contribution in [-0.4, -0.2) is 40.4 Å². The fraction of sp³-hybridized carbons (Fsp3) is 0.304. The summed E-state index contributed by atoms with van der Waals surface area (Å²) in [4.78, 5) is 14.7. The van der Waals surface area contributed by atoms with Crippen LogP contribution in [0.15, 0.2) is 36.4 Å². The average Bonchev–Trinajstić information content (AvgIpc) is 3.09. The van der Waals surface area contributed by atoms with Crippen LogP contribution in [0.1, 0.15) is 34.6 Å². The van der Waals surface area contributed by atoms with Crippen LogP contribution in [-0.2, 0) is 13.5 Å². The minimum Gasteiger partial charge on any atom is -0.488 e. The lowest BCUT2D eigenvalue weighted by Crippen LogP contribution is -2.39. The molecule has 0 bridgehead atoms. The summed E-state index contributed by atoms with van der Waals surface area (Å²) in [6, 6.07) is 6.60. The van der Waals surface area contributed by atoms with Gasteiger partial charge in [0.05, 0.1) is 17.4 Å². The molecule has 0 N–H and O–H groups in total. The zero-order chi connectivity index (χ0) is 23.0. The highest BCUT2D eigenvalue weighted by atomic mass is 19.1. The van der Waals surface area contributed by atoms with E-state index < -0.39 is 30.2 Å². The molecular formula is C23H21F4N3O2. The summed E-state index contributed by atoms with van der Waals surface area (Å²) in [7, 11) is 1.68. The number of alkyl halides is 1. The van der Waals surface area contributed by atoms with Crippen LogP contribution in [0, 0.1) is 17.5 Å². The number of aromatic nitrogens is 2. The van der Waals surface area contributed by atoms with Gasteiger partial charge in [0.2, 0.25) is 0 Å². The van der Waals surface area contributed by atoms with E-state index in [1.165, 1.54) is 24.3 Å². The zero-order valence-corrected chi connectivity index (χ0v) is 17.5. The van der Waals surface area contributed by atoms with Crippen LogP contribution >= 0.6 is 0 Å². The molecule has 168 valence electrons. The van der Waals surface area contributed by atoms with Crippen LogP contribution < -0.4 is 4.74 Å². The van der Waals surface area contributed by atoms with Crippen LogP contribution in [0.25, 0.3) is 11.3 Å². The van der Waals surface area contributed by atoms with Crippen LogP contribution in [0.3, 0.4) is 0 Å². The number of hydrogen-bond acceptors (Lipinski definition) is 3. The molecule has 0 fully saturated rings. The van der Waals surface area contributed by atoms with E-state index in [9.17, 15) is 22.4 Å².